The van der Waals surface area contributed by atoms with Crippen LogP contribution in [0.15, 0.2) is 16.9 Å². The third kappa shape index (κ3) is 2.82. The van der Waals surface area contributed by atoms with E-state index in [0.717, 1.165) is 32.4 Å². The highest BCUT2D eigenvalue weighted by atomic mass is 16.2. The quantitative estimate of drug-likeness (QED) is 0.611. The van der Waals surface area contributed by atoms with Crippen LogP contribution in [0.25, 0.3) is 5.65 Å². The summed E-state index contributed by atoms with van der Waals surface area (Å²) >= 11 is 0. The van der Waals surface area contributed by atoms with E-state index in [9.17, 15) is 4.79 Å². The van der Waals surface area contributed by atoms with Gasteiger partial charge in [-0.2, -0.15) is 9.61 Å². The molecule has 0 atom stereocenters. The van der Waals surface area contributed by atoms with Crippen molar-refractivity contribution in [2.45, 2.75) is 19.3 Å². The normalized spacial score (nSPS) is 10.9. The topological polar surface area (TPSA) is 101 Å². The van der Waals surface area contributed by atoms with Crippen molar-refractivity contribution in [2.75, 3.05) is 18.4 Å². The molecule has 0 saturated carbocycles. The van der Waals surface area contributed by atoms with E-state index >= 15 is 0 Å². The Balaban J connectivity index is 1.94. The van der Waals surface area contributed by atoms with E-state index < -0.39 is 0 Å². The van der Waals surface area contributed by atoms with Crippen molar-refractivity contribution < 1.29 is 0 Å². The molecule has 0 unspecified atom stereocenters. The third-order valence-corrected chi connectivity index (χ3v) is 2.46. The summed E-state index contributed by atoms with van der Waals surface area (Å²) in [6.07, 6.45) is 3.17. The molecule has 0 bridgehead atoms. The average molecular weight is 236 g/mol. The van der Waals surface area contributed by atoms with E-state index in [1.807, 2.05) is 0 Å². The maximum Gasteiger partial charge on any atom is 0.364 e. The molecule has 2 heterocycles. The van der Waals surface area contributed by atoms with Crippen LogP contribution in [0, 0.1) is 0 Å². The molecule has 92 valence electrons. The van der Waals surface area contributed by atoms with Crippen LogP contribution in [0.4, 0.5) is 5.82 Å². The highest BCUT2D eigenvalue weighted by Gasteiger charge is 2.01. The van der Waals surface area contributed by atoms with Gasteiger partial charge in [0.2, 0.25) is 0 Å². The first-order chi connectivity index (χ1) is 8.31. The second-order valence-corrected chi connectivity index (χ2v) is 3.79. The Kier molecular flexibility index (Phi) is 3.71. The van der Waals surface area contributed by atoms with Crippen LogP contribution >= 0.6 is 0 Å². The zero-order chi connectivity index (χ0) is 12.1. The first kappa shape index (κ1) is 11.6. The first-order valence-corrected chi connectivity index (χ1v) is 5.69. The highest BCUT2D eigenvalue weighted by molar-refractivity contribution is 5.42. The highest BCUT2D eigenvalue weighted by Crippen LogP contribution is 2.03. The van der Waals surface area contributed by atoms with Crippen molar-refractivity contribution in [3.8, 4) is 0 Å². The van der Waals surface area contributed by atoms with Gasteiger partial charge in [-0.25, -0.2) is 9.89 Å². The number of rotatable bonds is 6. The molecule has 0 amide bonds. The fourth-order valence-electron chi connectivity index (χ4n) is 1.56. The van der Waals surface area contributed by atoms with Gasteiger partial charge < -0.3 is 11.1 Å². The SMILES string of the molecule is NCCCCCNc1ccc2n[nH]c(=O)n2n1. The lowest BCUT2D eigenvalue weighted by Crippen LogP contribution is -2.14. The number of aromatic amines is 1. The van der Waals surface area contributed by atoms with Crippen molar-refractivity contribution in [3.05, 3.63) is 22.6 Å². The molecule has 0 fully saturated rings. The second kappa shape index (κ2) is 5.44. The summed E-state index contributed by atoms with van der Waals surface area (Å²) in [4.78, 5) is 11.3. The first-order valence-electron chi connectivity index (χ1n) is 5.69. The number of hydrogen-bond donors (Lipinski definition) is 3. The fraction of sp³-hybridized carbons (Fsp3) is 0.500. The molecule has 7 heteroatoms. The molecule has 7 nitrogen and oxygen atoms in total. The van der Waals surface area contributed by atoms with Gasteiger partial charge in [0.05, 0.1) is 0 Å². The molecule has 0 aliphatic rings. The predicted molar refractivity (Wildman–Crippen MR) is 65.0 cm³/mol. The molecule has 2 rings (SSSR count). The minimum absolute atomic E-state index is 0.327. The number of nitrogens with one attached hydrogen (secondary N) is 2. The number of H-pyrrole nitrogens is 1. The number of unbranched alkanes of at least 4 members (excludes halogenated alkanes) is 2. The molecule has 0 aliphatic heterocycles. The molecule has 4 N–H and O–H groups in total. The van der Waals surface area contributed by atoms with Crippen LogP contribution in [0.5, 0.6) is 0 Å². The van der Waals surface area contributed by atoms with Crippen LogP contribution in [0.2, 0.25) is 0 Å². The number of nitrogens with zero attached hydrogens (tertiary/aromatic N) is 3. The molecule has 2 aromatic heterocycles. The molecule has 0 aromatic carbocycles. The Hall–Kier alpha value is -1.89. The Morgan fingerprint density at radius 1 is 1.35 bits per heavy atom. The largest absolute Gasteiger partial charge is 0.369 e. The monoisotopic (exact) mass is 236 g/mol. The van der Waals surface area contributed by atoms with Crippen LogP contribution in [-0.4, -0.2) is 32.9 Å². The van der Waals surface area contributed by atoms with E-state index in [4.69, 9.17) is 5.73 Å². The zero-order valence-electron chi connectivity index (χ0n) is 9.52. The molecule has 0 spiro atoms. The Morgan fingerprint density at radius 2 is 2.24 bits per heavy atom. The summed E-state index contributed by atoms with van der Waals surface area (Å²) in [6, 6.07) is 3.55. The average Bonchev–Trinajstić information content (AvgIpc) is 2.71. The van der Waals surface area contributed by atoms with Gasteiger partial charge in [-0.15, -0.1) is 5.10 Å². The Labute approximate surface area is 98.0 Å². The van der Waals surface area contributed by atoms with E-state index in [1.165, 1.54) is 4.52 Å². The van der Waals surface area contributed by atoms with Gasteiger partial charge in [0.15, 0.2) is 5.65 Å². The summed E-state index contributed by atoms with van der Waals surface area (Å²) < 4.78 is 1.24. The fourth-order valence-corrected chi connectivity index (χ4v) is 1.56. The van der Waals surface area contributed by atoms with Gasteiger partial charge in [0.25, 0.3) is 0 Å². The van der Waals surface area contributed by atoms with Crippen LogP contribution in [0.1, 0.15) is 19.3 Å². The van der Waals surface area contributed by atoms with Crippen molar-refractivity contribution in [1.29, 1.82) is 0 Å². The number of hydrogen-bond acceptors (Lipinski definition) is 5. The smallest absolute Gasteiger partial charge is 0.364 e. The summed E-state index contributed by atoms with van der Waals surface area (Å²) in [7, 11) is 0. The van der Waals surface area contributed by atoms with Crippen molar-refractivity contribution in [2.24, 2.45) is 5.73 Å². The van der Waals surface area contributed by atoms with Gasteiger partial charge in [0.1, 0.15) is 5.82 Å². The summed E-state index contributed by atoms with van der Waals surface area (Å²) in [5, 5.41) is 13.4. The number of aromatic nitrogens is 4. The van der Waals surface area contributed by atoms with Crippen LogP contribution < -0.4 is 16.7 Å². The van der Waals surface area contributed by atoms with Crippen molar-refractivity contribution in [1.82, 2.24) is 19.8 Å². The van der Waals surface area contributed by atoms with Gasteiger partial charge in [-0.05, 0) is 31.5 Å². The Bertz CT molecular complexity index is 531. The molecule has 17 heavy (non-hydrogen) atoms. The lowest BCUT2D eigenvalue weighted by atomic mass is 10.2. The molecule has 0 saturated heterocycles. The standard InChI is InChI=1S/C10H16N6O/c11-6-2-1-3-7-12-8-4-5-9-13-14-10(17)16(9)15-8/h4-5H,1-3,6-7,11H2,(H,12,15)(H,14,17). The van der Waals surface area contributed by atoms with E-state index in [-0.39, 0.29) is 5.69 Å². The van der Waals surface area contributed by atoms with Crippen LogP contribution in [-0.2, 0) is 0 Å². The Morgan fingerprint density at radius 3 is 3.06 bits per heavy atom. The number of nitrogens with two attached hydrogens (primary N) is 1. The minimum Gasteiger partial charge on any atom is -0.369 e. The number of anilines is 1. The summed E-state index contributed by atoms with van der Waals surface area (Å²) in [5.41, 5.74) is 5.60. The molecule has 2 aromatic rings. The lowest BCUT2D eigenvalue weighted by Gasteiger charge is -2.04. The third-order valence-electron chi connectivity index (χ3n) is 2.46. The predicted octanol–water partition coefficient (Wildman–Crippen LogP) is -0.0415. The van der Waals surface area contributed by atoms with Crippen molar-refractivity contribution in [3.63, 3.8) is 0 Å². The van der Waals surface area contributed by atoms with Gasteiger partial charge in [0, 0.05) is 6.54 Å². The van der Waals surface area contributed by atoms with Crippen LogP contribution in [0.3, 0.4) is 0 Å². The molecular weight excluding hydrogens is 220 g/mol. The molecule has 0 radical (unpaired) electrons. The summed E-state index contributed by atoms with van der Waals surface area (Å²) in [6.45, 7) is 1.56. The molecule has 0 aliphatic carbocycles. The maximum absolute atomic E-state index is 11.3. The lowest BCUT2D eigenvalue weighted by molar-refractivity contribution is 0.705. The van der Waals surface area contributed by atoms with E-state index in [0.29, 0.717) is 11.5 Å². The van der Waals surface area contributed by atoms with Crippen molar-refractivity contribution >= 4 is 11.5 Å². The summed E-state index contributed by atoms with van der Waals surface area (Å²) in [5.74, 6) is 0.675. The van der Waals surface area contributed by atoms with Gasteiger partial charge in [-0.3, -0.25) is 0 Å². The minimum atomic E-state index is -0.327. The van der Waals surface area contributed by atoms with Gasteiger partial charge >= 0.3 is 5.69 Å². The van der Waals surface area contributed by atoms with E-state index in [1.54, 1.807) is 12.1 Å². The van der Waals surface area contributed by atoms with E-state index in [2.05, 4.69) is 20.6 Å². The maximum atomic E-state index is 11.3. The van der Waals surface area contributed by atoms with Gasteiger partial charge in [-0.1, -0.05) is 6.42 Å². The number of fused-ring (bicyclic) bond motifs is 1. The molecular formula is C10H16N6O. The zero-order valence-corrected chi connectivity index (χ0v) is 9.52. The second-order valence-electron chi connectivity index (χ2n) is 3.79.